The van der Waals surface area contributed by atoms with Crippen molar-refractivity contribution in [1.82, 2.24) is 4.98 Å². The Morgan fingerprint density at radius 2 is 1.96 bits per heavy atom. The van der Waals surface area contributed by atoms with E-state index in [4.69, 9.17) is 11.6 Å². The molecule has 2 N–H and O–H groups in total. The lowest BCUT2D eigenvalue weighted by Crippen LogP contribution is -2.15. The van der Waals surface area contributed by atoms with Crippen LogP contribution in [0.5, 0.6) is 0 Å². The second-order valence-electron chi connectivity index (χ2n) is 6.65. The maximum Gasteiger partial charge on any atom is 0.262 e. The number of hydrogen-bond acceptors (Lipinski definition) is 3. The molecule has 0 bridgehead atoms. The third-order valence-corrected chi connectivity index (χ3v) is 6.49. The molecule has 0 saturated carbocycles. The standard InChI is InChI=1S/C19H16ClFN2O3S/c1-10-7-12-16(22-15-3-2-4-17(24)19(12)15)9-18(10)27(25,26)23-14-6-5-11(20)8-13(14)21/h5-9,22-23H,2-4H2,1H3. The van der Waals surface area contributed by atoms with E-state index in [1.54, 1.807) is 13.0 Å². The molecule has 8 heteroatoms. The number of hydrogen-bond donors (Lipinski definition) is 2. The Kier molecular flexibility index (Phi) is 4.24. The highest BCUT2D eigenvalue weighted by Crippen LogP contribution is 2.33. The molecule has 2 aromatic carbocycles. The minimum absolute atomic E-state index is 0.0235. The summed E-state index contributed by atoms with van der Waals surface area (Å²) in [5, 5.41) is 0.901. The van der Waals surface area contributed by atoms with Crippen molar-refractivity contribution in [3.8, 4) is 0 Å². The van der Waals surface area contributed by atoms with Crippen LogP contribution in [0.25, 0.3) is 10.9 Å². The molecule has 0 aliphatic heterocycles. The maximum atomic E-state index is 14.0. The molecule has 140 valence electrons. The number of Topliss-reactive ketones (excluding diaryl/α,β-unsaturated/α-hetero) is 1. The highest BCUT2D eigenvalue weighted by Gasteiger charge is 2.25. The zero-order chi connectivity index (χ0) is 19.3. The van der Waals surface area contributed by atoms with Crippen molar-refractivity contribution in [2.75, 3.05) is 4.72 Å². The summed E-state index contributed by atoms with van der Waals surface area (Å²) in [5.74, 6) is -0.690. The number of halogens is 2. The van der Waals surface area contributed by atoms with Crippen LogP contribution >= 0.6 is 11.6 Å². The Hall–Kier alpha value is -2.38. The highest BCUT2D eigenvalue weighted by atomic mass is 35.5. The molecule has 1 aromatic heterocycles. The van der Waals surface area contributed by atoms with Gasteiger partial charge in [0.1, 0.15) is 5.82 Å². The first-order valence-corrected chi connectivity index (χ1v) is 10.3. The largest absolute Gasteiger partial charge is 0.358 e. The number of aryl methyl sites for hydroxylation is 2. The van der Waals surface area contributed by atoms with Crippen LogP contribution in [0.2, 0.25) is 5.02 Å². The molecule has 0 amide bonds. The fourth-order valence-electron chi connectivity index (χ4n) is 3.50. The van der Waals surface area contributed by atoms with Gasteiger partial charge in [-0.25, -0.2) is 12.8 Å². The van der Waals surface area contributed by atoms with Gasteiger partial charge in [-0.3, -0.25) is 9.52 Å². The average Bonchev–Trinajstić information content (AvgIpc) is 2.95. The molecule has 0 unspecified atom stereocenters. The van der Waals surface area contributed by atoms with Crippen molar-refractivity contribution in [2.45, 2.75) is 31.1 Å². The van der Waals surface area contributed by atoms with E-state index in [0.29, 0.717) is 23.1 Å². The van der Waals surface area contributed by atoms with E-state index in [9.17, 15) is 17.6 Å². The van der Waals surface area contributed by atoms with Gasteiger partial charge < -0.3 is 4.98 Å². The van der Waals surface area contributed by atoms with Crippen LogP contribution in [0.1, 0.15) is 34.5 Å². The van der Waals surface area contributed by atoms with Crippen LogP contribution in [0, 0.1) is 12.7 Å². The summed E-state index contributed by atoms with van der Waals surface area (Å²) in [4.78, 5) is 15.4. The molecule has 0 radical (unpaired) electrons. The quantitative estimate of drug-likeness (QED) is 0.667. The third kappa shape index (κ3) is 3.11. The summed E-state index contributed by atoms with van der Waals surface area (Å²) in [7, 11) is -4.02. The number of anilines is 1. The lowest BCUT2D eigenvalue weighted by Gasteiger charge is -2.12. The number of ketones is 1. The van der Waals surface area contributed by atoms with Gasteiger partial charge in [-0.2, -0.15) is 0 Å². The van der Waals surface area contributed by atoms with Crippen molar-refractivity contribution in [3.63, 3.8) is 0 Å². The zero-order valence-corrected chi connectivity index (χ0v) is 16.0. The van der Waals surface area contributed by atoms with E-state index >= 15 is 0 Å². The summed E-state index contributed by atoms with van der Waals surface area (Å²) in [5.41, 5.74) is 2.37. The number of benzene rings is 2. The molecule has 0 atom stereocenters. The number of H-pyrrole nitrogens is 1. The summed E-state index contributed by atoms with van der Waals surface area (Å²) >= 11 is 5.71. The van der Waals surface area contributed by atoms with Crippen LogP contribution < -0.4 is 4.72 Å². The molecular formula is C19H16ClFN2O3S. The van der Waals surface area contributed by atoms with E-state index in [-0.39, 0.29) is 21.4 Å². The van der Waals surface area contributed by atoms with E-state index in [1.807, 2.05) is 0 Å². The van der Waals surface area contributed by atoms with Crippen molar-refractivity contribution < 1.29 is 17.6 Å². The fourth-order valence-corrected chi connectivity index (χ4v) is 4.98. The minimum Gasteiger partial charge on any atom is -0.358 e. The molecule has 5 nitrogen and oxygen atoms in total. The van der Waals surface area contributed by atoms with E-state index in [0.717, 1.165) is 30.0 Å². The van der Waals surface area contributed by atoms with Gasteiger partial charge in [-0.05, 0) is 55.7 Å². The summed E-state index contributed by atoms with van der Waals surface area (Å²) in [6.07, 6.45) is 2.03. The summed E-state index contributed by atoms with van der Waals surface area (Å²) in [6.45, 7) is 1.65. The first-order valence-electron chi connectivity index (χ1n) is 8.42. The van der Waals surface area contributed by atoms with Gasteiger partial charge in [0, 0.05) is 33.6 Å². The monoisotopic (exact) mass is 406 g/mol. The molecular weight excluding hydrogens is 391 g/mol. The summed E-state index contributed by atoms with van der Waals surface area (Å²) < 4.78 is 41.9. The van der Waals surface area contributed by atoms with Gasteiger partial charge >= 0.3 is 0 Å². The lowest BCUT2D eigenvalue weighted by molar-refractivity contribution is 0.0974. The molecule has 27 heavy (non-hydrogen) atoms. The van der Waals surface area contributed by atoms with Gasteiger partial charge in [-0.1, -0.05) is 11.6 Å². The first-order chi connectivity index (χ1) is 12.8. The molecule has 1 aliphatic rings. The number of fused-ring (bicyclic) bond motifs is 3. The Morgan fingerprint density at radius 1 is 1.19 bits per heavy atom. The number of sulfonamides is 1. The van der Waals surface area contributed by atoms with Crippen LogP contribution in [0.15, 0.2) is 35.2 Å². The number of nitrogens with one attached hydrogen (secondary N) is 2. The molecule has 0 spiro atoms. The maximum absolute atomic E-state index is 14.0. The third-order valence-electron chi connectivity index (χ3n) is 4.75. The van der Waals surface area contributed by atoms with Gasteiger partial charge in [0.05, 0.1) is 10.6 Å². The van der Waals surface area contributed by atoms with Crippen molar-refractivity contribution in [3.05, 3.63) is 58.0 Å². The minimum atomic E-state index is -4.02. The van der Waals surface area contributed by atoms with Gasteiger partial charge in [0.15, 0.2) is 5.78 Å². The van der Waals surface area contributed by atoms with E-state index in [2.05, 4.69) is 9.71 Å². The second kappa shape index (κ2) is 6.35. The number of carbonyl (C=O) groups excluding carboxylic acids is 1. The van der Waals surface area contributed by atoms with Gasteiger partial charge in [-0.15, -0.1) is 0 Å². The summed E-state index contributed by atoms with van der Waals surface area (Å²) in [6, 6.07) is 6.91. The number of aromatic amines is 1. The number of rotatable bonds is 3. The van der Waals surface area contributed by atoms with Gasteiger partial charge in [0.2, 0.25) is 0 Å². The van der Waals surface area contributed by atoms with Gasteiger partial charge in [0.25, 0.3) is 10.0 Å². The van der Waals surface area contributed by atoms with E-state index < -0.39 is 15.8 Å². The second-order valence-corrected chi connectivity index (χ2v) is 8.74. The van der Waals surface area contributed by atoms with E-state index in [1.165, 1.54) is 18.2 Å². The predicted octanol–water partition coefficient (Wildman–Crippen LogP) is 4.59. The highest BCUT2D eigenvalue weighted by molar-refractivity contribution is 7.92. The molecule has 0 saturated heterocycles. The Bertz CT molecular complexity index is 1200. The Balaban J connectivity index is 1.81. The first kappa shape index (κ1) is 18.0. The topological polar surface area (TPSA) is 79.0 Å². The fraction of sp³-hybridized carbons (Fsp3) is 0.211. The van der Waals surface area contributed by atoms with Crippen LogP contribution in [0.4, 0.5) is 10.1 Å². The van der Waals surface area contributed by atoms with Crippen LogP contribution in [-0.4, -0.2) is 19.2 Å². The Morgan fingerprint density at radius 3 is 2.70 bits per heavy atom. The van der Waals surface area contributed by atoms with Crippen molar-refractivity contribution >= 4 is 44.0 Å². The molecule has 1 heterocycles. The number of aromatic nitrogens is 1. The normalized spacial score (nSPS) is 14.4. The zero-order valence-electron chi connectivity index (χ0n) is 14.4. The average molecular weight is 407 g/mol. The van der Waals surface area contributed by atoms with Crippen molar-refractivity contribution in [2.24, 2.45) is 0 Å². The van der Waals surface area contributed by atoms with Crippen LogP contribution in [-0.2, 0) is 16.4 Å². The molecule has 1 aliphatic carbocycles. The van der Waals surface area contributed by atoms with Crippen LogP contribution in [0.3, 0.4) is 0 Å². The van der Waals surface area contributed by atoms with Crippen molar-refractivity contribution in [1.29, 1.82) is 0 Å². The molecule has 3 aromatic rings. The SMILES string of the molecule is Cc1cc2c3c([nH]c2cc1S(=O)(=O)Nc1ccc(Cl)cc1F)CCCC3=O. The smallest absolute Gasteiger partial charge is 0.262 e. The molecule has 0 fully saturated rings. The number of carbonyl (C=O) groups is 1. The predicted molar refractivity (Wildman–Crippen MR) is 103 cm³/mol. The molecule has 4 rings (SSSR count). The lowest BCUT2D eigenvalue weighted by atomic mass is 9.94. The Labute approximate surface area is 160 Å².